The van der Waals surface area contributed by atoms with E-state index in [2.05, 4.69) is 31.3 Å². The molecule has 0 spiro atoms. The third-order valence-electron chi connectivity index (χ3n) is 6.54. The number of aromatic nitrogens is 5. The topological polar surface area (TPSA) is 119 Å². The zero-order chi connectivity index (χ0) is 23.5. The molecule has 0 bridgehead atoms. The van der Waals surface area contributed by atoms with Crippen LogP contribution in [0.15, 0.2) is 83.9 Å². The average molecular weight is 458 g/mol. The first kappa shape index (κ1) is 19.5. The van der Waals surface area contributed by atoms with Gasteiger partial charge < -0.3 is 20.3 Å². The largest absolute Gasteiger partial charge is 0.341 e. The molecule has 7 rings (SSSR count). The number of hydrogen-bond acceptors (Lipinski definition) is 4. The maximum absolute atomic E-state index is 13.3. The summed E-state index contributed by atoms with van der Waals surface area (Å²) in [4.78, 5) is 42.7. The van der Waals surface area contributed by atoms with E-state index in [9.17, 15) is 9.59 Å². The van der Waals surface area contributed by atoms with Gasteiger partial charge in [-0.25, -0.2) is 9.78 Å². The summed E-state index contributed by atoms with van der Waals surface area (Å²) in [5.74, 6) is 0.537. The third-order valence-corrected chi connectivity index (χ3v) is 6.54. The highest BCUT2D eigenvalue weighted by atomic mass is 16.2. The van der Waals surface area contributed by atoms with Crippen LogP contribution in [0.4, 0.5) is 0 Å². The molecule has 0 saturated heterocycles. The highest BCUT2D eigenvalue weighted by molar-refractivity contribution is 5.99. The number of nitrogens with zero attached hydrogens (tertiary/aromatic N) is 2. The maximum Gasteiger partial charge on any atom is 0.323 e. The summed E-state index contributed by atoms with van der Waals surface area (Å²) in [6, 6.07) is 20.9. The minimum atomic E-state index is -0.319. The molecule has 35 heavy (non-hydrogen) atoms. The summed E-state index contributed by atoms with van der Waals surface area (Å²) in [5.41, 5.74) is 8.25. The van der Waals surface area contributed by atoms with Gasteiger partial charge in [0.1, 0.15) is 5.82 Å². The molecule has 1 aliphatic rings. The van der Waals surface area contributed by atoms with Gasteiger partial charge in [-0.3, -0.25) is 9.78 Å². The SMILES string of the molecule is O=C(NC1c2ccccc2-c2c(-c3nc4ccncc4[nH]3)cccc21)c1ccc2[nH]c(=O)[nH]c2c1. The van der Waals surface area contributed by atoms with E-state index in [-0.39, 0.29) is 17.6 Å². The lowest BCUT2D eigenvalue weighted by Crippen LogP contribution is -2.28. The van der Waals surface area contributed by atoms with Crippen molar-refractivity contribution in [3.05, 3.63) is 106 Å². The lowest BCUT2D eigenvalue weighted by Gasteiger charge is -2.16. The Morgan fingerprint density at radius 1 is 0.829 bits per heavy atom. The highest BCUT2D eigenvalue weighted by Gasteiger charge is 2.32. The first-order valence-electron chi connectivity index (χ1n) is 11.2. The number of carbonyl (C=O) groups is 1. The van der Waals surface area contributed by atoms with Crippen LogP contribution in [-0.4, -0.2) is 30.8 Å². The number of aromatic amines is 3. The molecule has 3 heterocycles. The molecule has 4 N–H and O–H groups in total. The molecular weight excluding hydrogens is 440 g/mol. The van der Waals surface area contributed by atoms with Gasteiger partial charge in [0.2, 0.25) is 0 Å². The molecule has 8 heteroatoms. The number of H-pyrrole nitrogens is 3. The number of fused-ring (bicyclic) bond motifs is 5. The molecule has 1 unspecified atom stereocenters. The number of nitrogens with one attached hydrogen (secondary N) is 4. The summed E-state index contributed by atoms with van der Waals surface area (Å²) in [6.45, 7) is 0. The predicted molar refractivity (Wildman–Crippen MR) is 133 cm³/mol. The lowest BCUT2D eigenvalue weighted by molar-refractivity contribution is 0.0944. The summed E-state index contributed by atoms with van der Waals surface area (Å²) < 4.78 is 0. The van der Waals surface area contributed by atoms with E-state index in [0.717, 1.165) is 44.7 Å². The maximum atomic E-state index is 13.3. The van der Waals surface area contributed by atoms with E-state index < -0.39 is 0 Å². The smallest absolute Gasteiger partial charge is 0.323 e. The number of hydrogen-bond donors (Lipinski definition) is 4. The number of imidazole rings is 2. The highest BCUT2D eigenvalue weighted by Crippen LogP contribution is 2.47. The Balaban J connectivity index is 1.33. The fourth-order valence-electron chi connectivity index (χ4n) is 4.98. The monoisotopic (exact) mass is 458 g/mol. The Hall–Kier alpha value is -4.98. The number of pyridine rings is 1. The van der Waals surface area contributed by atoms with E-state index in [0.29, 0.717) is 16.6 Å². The van der Waals surface area contributed by atoms with Gasteiger partial charge in [0.15, 0.2) is 0 Å². The Bertz CT molecular complexity index is 1810. The van der Waals surface area contributed by atoms with E-state index >= 15 is 0 Å². The van der Waals surface area contributed by atoms with Crippen LogP contribution in [0.3, 0.4) is 0 Å². The van der Waals surface area contributed by atoms with Crippen molar-refractivity contribution in [2.75, 3.05) is 0 Å². The van der Waals surface area contributed by atoms with E-state index in [4.69, 9.17) is 4.98 Å². The van der Waals surface area contributed by atoms with Gasteiger partial charge in [-0.15, -0.1) is 0 Å². The zero-order valence-electron chi connectivity index (χ0n) is 18.3. The molecule has 6 aromatic rings. The molecule has 1 amide bonds. The van der Waals surface area contributed by atoms with Crippen LogP contribution in [0.25, 0.3) is 44.6 Å². The lowest BCUT2D eigenvalue weighted by atomic mass is 9.98. The first-order valence-corrected chi connectivity index (χ1v) is 11.2. The van der Waals surface area contributed by atoms with E-state index in [1.54, 1.807) is 30.6 Å². The van der Waals surface area contributed by atoms with Crippen molar-refractivity contribution in [3.63, 3.8) is 0 Å². The Labute approximate surface area is 198 Å². The molecule has 0 radical (unpaired) electrons. The molecule has 1 aliphatic carbocycles. The minimum absolute atomic E-state index is 0.221. The van der Waals surface area contributed by atoms with Gasteiger partial charge in [0.25, 0.3) is 5.91 Å². The van der Waals surface area contributed by atoms with E-state index in [1.165, 1.54) is 0 Å². The van der Waals surface area contributed by atoms with Crippen LogP contribution in [0, 0.1) is 0 Å². The van der Waals surface area contributed by atoms with Crippen LogP contribution in [0.1, 0.15) is 27.5 Å². The van der Waals surface area contributed by atoms with Crippen LogP contribution >= 0.6 is 0 Å². The summed E-state index contributed by atoms with van der Waals surface area (Å²) in [5, 5.41) is 3.20. The normalized spacial score (nSPS) is 14.2. The Morgan fingerprint density at radius 3 is 2.57 bits per heavy atom. The molecule has 0 saturated carbocycles. The molecular formula is C27H18N6O2. The first-order chi connectivity index (χ1) is 17.2. The molecule has 0 aliphatic heterocycles. The second-order valence-electron chi connectivity index (χ2n) is 8.58. The quantitative estimate of drug-likeness (QED) is 0.316. The van der Waals surface area contributed by atoms with Gasteiger partial charge in [0, 0.05) is 17.3 Å². The Kier molecular flexibility index (Phi) is 4.04. The predicted octanol–water partition coefficient (Wildman–Crippen LogP) is 4.29. The van der Waals surface area contributed by atoms with Gasteiger partial charge >= 0.3 is 5.69 Å². The summed E-state index contributed by atoms with van der Waals surface area (Å²) >= 11 is 0. The third kappa shape index (κ3) is 3.00. The van der Waals surface area contributed by atoms with Crippen molar-refractivity contribution >= 4 is 28.0 Å². The van der Waals surface area contributed by atoms with Crippen molar-refractivity contribution in [2.45, 2.75) is 6.04 Å². The summed E-state index contributed by atoms with van der Waals surface area (Å²) in [6.07, 6.45) is 3.49. The minimum Gasteiger partial charge on any atom is -0.341 e. The fourth-order valence-corrected chi connectivity index (χ4v) is 4.98. The summed E-state index contributed by atoms with van der Waals surface area (Å²) in [7, 11) is 0. The molecule has 1 atom stereocenters. The van der Waals surface area contributed by atoms with Crippen molar-refractivity contribution in [3.8, 4) is 22.5 Å². The van der Waals surface area contributed by atoms with Gasteiger partial charge in [-0.05, 0) is 46.5 Å². The number of amides is 1. The zero-order valence-corrected chi connectivity index (χ0v) is 18.3. The van der Waals surface area contributed by atoms with Gasteiger partial charge in [0.05, 0.1) is 34.3 Å². The van der Waals surface area contributed by atoms with Crippen LogP contribution in [0.5, 0.6) is 0 Å². The van der Waals surface area contributed by atoms with Crippen molar-refractivity contribution < 1.29 is 4.79 Å². The molecule has 168 valence electrons. The molecule has 3 aromatic carbocycles. The van der Waals surface area contributed by atoms with Crippen molar-refractivity contribution in [2.24, 2.45) is 0 Å². The van der Waals surface area contributed by atoms with Crippen LogP contribution in [0.2, 0.25) is 0 Å². The second kappa shape index (κ2) is 7.26. The Morgan fingerprint density at radius 2 is 1.66 bits per heavy atom. The fraction of sp³-hybridized carbons (Fsp3) is 0.0370. The molecule has 3 aromatic heterocycles. The van der Waals surface area contributed by atoms with Crippen LogP contribution < -0.4 is 11.0 Å². The van der Waals surface area contributed by atoms with Gasteiger partial charge in [-0.1, -0.05) is 42.5 Å². The van der Waals surface area contributed by atoms with E-state index in [1.807, 2.05) is 42.5 Å². The van der Waals surface area contributed by atoms with Crippen molar-refractivity contribution in [1.29, 1.82) is 0 Å². The second-order valence-corrected chi connectivity index (χ2v) is 8.58. The van der Waals surface area contributed by atoms with Crippen LogP contribution in [-0.2, 0) is 0 Å². The molecule has 8 nitrogen and oxygen atoms in total. The number of carbonyl (C=O) groups excluding carboxylic acids is 1. The number of benzene rings is 3. The standard InChI is InChI=1S/C27H18N6O2/c34-26(14-8-9-19-21(12-14)32-27(35)31-19)33-24-16-5-2-1-4-15(16)23-17(24)6-3-7-18(23)25-29-20-10-11-28-13-22(20)30-25/h1-13,24H,(H,29,30)(H,33,34)(H2,31,32,35). The average Bonchev–Trinajstić information content (AvgIpc) is 3.56. The molecule has 0 fully saturated rings. The number of rotatable bonds is 3. The van der Waals surface area contributed by atoms with Crippen molar-refractivity contribution in [1.82, 2.24) is 30.2 Å². The van der Waals surface area contributed by atoms with Gasteiger partial charge in [-0.2, -0.15) is 0 Å².